The number of carboxylic acids is 1. The number of nitrogens with zero attached hydrogens (tertiary/aromatic N) is 2. The first-order valence-electron chi connectivity index (χ1n) is 6.33. The molecule has 1 aromatic carbocycles. The summed E-state index contributed by atoms with van der Waals surface area (Å²) in [5.41, 5.74) is -0.133. The van der Waals surface area contributed by atoms with Crippen molar-refractivity contribution in [2.75, 3.05) is 13.1 Å². The molecule has 0 aromatic heterocycles. The van der Waals surface area contributed by atoms with Crippen molar-refractivity contribution in [3.63, 3.8) is 0 Å². The summed E-state index contributed by atoms with van der Waals surface area (Å²) in [4.78, 5) is 34.6. The summed E-state index contributed by atoms with van der Waals surface area (Å²) >= 11 is 5.70. The Hall–Kier alpha value is -2.15. The van der Waals surface area contributed by atoms with Crippen LogP contribution in [-0.4, -0.2) is 39.9 Å². The van der Waals surface area contributed by atoms with Crippen LogP contribution in [0.4, 0.5) is 5.69 Å². The average molecular weight is 313 g/mol. The van der Waals surface area contributed by atoms with Gasteiger partial charge >= 0.3 is 5.97 Å². The molecule has 0 bridgehead atoms. The van der Waals surface area contributed by atoms with E-state index in [1.165, 1.54) is 17.0 Å². The zero-order chi connectivity index (χ0) is 15.6. The molecule has 8 heteroatoms. The Morgan fingerprint density at radius 2 is 2.19 bits per heavy atom. The maximum atomic E-state index is 12.3. The molecule has 1 heterocycles. The standard InChI is InChI=1S/C13H13ClN2O5/c14-10-2-1-9(6-11(10)16(20)21)13(19)15-4-3-8(7-15)5-12(17)18/h1-2,6,8H,3-5,7H2,(H,17,18). The predicted octanol–water partition coefficient (Wildman–Crippen LogP) is 2.19. The van der Waals surface area contributed by atoms with Crippen molar-refractivity contribution in [3.05, 3.63) is 38.9 Å². The van der Waals surface area contributed by atoms with Gasteiger partial charge < -0.3 is 10.0 Å². The van der Waals surface area contributed by atoms with Gasteiger partial charge in [0.05, 0.1) is 4.92 Å². The van der Waals surface area contributed by atoms with E-state index in [-0.39, 0.29) is 34.5 Å². The number of carbonyl (C=O) groups excluding carboxylic acids is 1. The largest absolute Gasteiger partial charge is 0.481 e. The van der Waals surface area contributed by atoms with Crippen molar-refractivity contribution in [1.82, 2.24) is 4.90 Å². The summed E-state index contributed by atoms with van der Waals surface area (Å²) in [5, 5.41) is 19.5. The van der Waals surface area contributed by atoms with Crippen molar-refractivity contribution in [3.8, 4) is 0 Å². The van der Waals surface area contributed by atoms with E-state index in [4.69, 9.17) is 16.7 Å². The van der Waals surface area contributed by atoms with Crippen LogP contribution in [0.5, 0.6) is 0 Å². The third-order valence-corrected chi connectivity index (χ3v) is 3.75. The topological polar surface area (TPSA) is 101 Å². The summed E-state index contributed by atoms with van der Waals surface area (Å²) < 4.78 is 0. The number of nitro groups is 1. The summed E-state index contributed by atoms with van der Waals surface area (Å²) in [6.45, 7) is 0.800. The lowest BCUT2D eigenvalue weighted by Gasteiger charge is -2.16. The predicted molar refractivity (Wildman–Crippen MR) is 74.4 cm³/mol. The Balaban J connectivity index is 2.12. The van der Waals surface area contributed by atoms with Crippen molar-refractivity contribution < 1.29 is 19.6 Å². The van der Waals surface area contributed by atoms with Gasteiger partial charge in [0.1, 0.15) is 5.02 Å². The number of hydrogen-bond acceptors (Lipinski definition) is 4. The zero-order valence-corrected chi connectivity index (χ0v) is 11.7. The molecule has 1 aliphatic heterocycles. The Bertz CT molecular complexity index is 604. The number of nitro benzene ring substituents is 1. The van der Waals surface area contributed by atoms with Gasteiger partial charge in [-0.15, -0.1) is 0 Å². The van der Waals surface area contributed by atoms with Crippen molar-refractivity contribution in [2.24, 2.45) is 5.92 Å². The maximum absolute atomic E-state index is 12.3. The van der Waals surface area contributed by atoms with Gasteiger partial charge in [-0.2, -0.15) is 0 Å². The van der Waals surface area contributed by atoms with Gasteiger partial charge in [0.15, 0.2) is 0 Å². The third-order valence-electron chi connectivity index (χ3n) is 3.43. The molecule has 0 aliphatic carbocycles. The molecule has 1 aromatic rings. The molecule has 0 spiro atoms. The van der Waals surface area contributed by atoms with E-state index in [1.807, 2.05) is 0 Å². The normalized spacial score (nSPS) is 17.8. The van der Waals surface area contributed by atoms with Gasteiger partial charge in [0.2, 0.25) is 0 Å². The number of benzene rings is 1. The summed E-state index contributed by atoms with van der Waals surface area (Å²) in [5.74, 6) is -1.31. The lowest BCUT2D eigenvalue weighted by Crippen LogP contribution is -2.29. The number of likely N-dealkylation sites (tertiary alicyclic amines) is 1. The minimum absolute atomic E-state index is 0.0184. The molecule has 2 rings (SSSR count). The molecule has 1 atom stereocenters. The Morgan fingerprint density at radius 1 is 1.48 bits per heavy atom. The monoisotopic (exact) mass is 312 g/mol. The lowest BCUT2D eigenvalue weighted by atomic mass is 10.1. The quantitative estimate of drug-likeness (QED) is 0.678. The van der Waals surface area contributed by atoms with Crippen molar-refractivity contribution in [2.45, 2.75) is 12.8 Å². The van der Waals surface area contributed by atoms with Crippen LogP contribution in [0.15, 0.2) is 18.2 Å². The van der Waals surface area contributed by atoms with Crippen LogP contribution in [0.2, 0.25) is 5.02 Å². The fourth-order valence-corrected chi connectivity index (χ4v) is 2.59. The van der Waals surface area contributed by atoms with Gasteiger partial charge in [0.25, 0.3) is 11.6 Å². The zero-order valence-electron chi connectivity index (χ0n) is 11.0. The van der Waals surface area contributed by atoms with Crippen LogP contribution in [-0.2, 0) is 4.79 Å². The maximum Gasteiger partial charge on any atom is 0.303 e. The summed E-state index contributed by atoms with van der Waals surface area (Å²) in [6, 6.07) is 3.90. The highest BCUT2D eigenvalue weighted by Gasteiger charge is 2.29. The molecule has 1 N–H and O–H groups in total. The molecule has 112 valence electrons. The number of carboxylic acid groups (broad SMARTS) is 1. The highest BCUT2D eigenvalue weighted by Crippen LogP contribution is 2.27. The van der Waals surface area contributed by atoms with Gasteiger partial charge in [-0.25, -0.2) is 0 Å². The van der Waals surface area contributed by atoms with E-state index in [0.29, 0.717) is 19.5 Å². The van der Waals surface area contributed by atoms with Crippen molar-refractivity contribution >= 4 is 29.2 Å². The molecule has 21 heavy (non-hydrogen) atoms. The van der Waals surface area contributed by atoms with Gasteiger partial charge in [-0.1, -0.05) is 11.6 Å². The van der Waals surface area contributed by atoms with Gasteiger partial charge in [-0.3, -0.25) is 19.7 Å². The van der Waals surface area contributed by atoms with Gasteiger partial charge in [0, 0.05) is 31.1 Å². The van der Waals surface area contributed by atoms with Crippen LogP contribution < -0.4 is 0 Å². The second-order valence-corrected chi connectivity index (χ2v) is 5.33. The van der Waals surface area contributed by atoms with Crippen molar-refractivity contribution in [1.29, 1.82) is 0 Å². The van der Waals surface area contributed by atoms with Gasteiger partial charge in [-0.05, 0) is 24.5 Å². The van der Waals surface area contributed by atoms with Crippen LogP contribution in [0.25, 0.3) is 0 Å². The number of aliphatic carboxylic acids is 1. The number of halogens is 1. The van der Waals surface area contributed by atoms with E-state index in [2.05, 4.69) is 0 Å². The highest BCUT2D eigenvalue weighted by molar-refractivity contribution is 6.32. The minimum Gasteiger partial charge on any atom is -0.481 e. The first kappa shape index (κ1) is 15.2. The number of amides is 1. The molecule has 0 saturated carbocycles. The van der Waals surface area contributed by atoms with Crippen LogP contribution >= 0.6 is 11.6 Å². The Kier molecular flexibility index (Phi) is 4.42. The number of carbonyl (C=O) groups is 2. The lowest BCUT2D eigenvalue weighted by molar-refractivity contribution is -0.384. The highest BCUT2D eigenvalue weighted by atomic mass is 35.5. The molecule has 1 unspecified atom stereocenters. The Morgan fingerprint density at radius 3 is 2.81 bits per heavy atom. The average Bonchev–Trinajstić information content (AvgIpc) is 2.85. The van der Waals surface area contributed by atoms with E-state index >= 15 is 0 Å². The van der Waals surface area contributed by atoms with E-state index in [1.54, 1.807) is 0 Å². The summed E-state index contributed by atoms with van der Waals surface area (Å²) in [6.07, 6.45) is 0.637. The van der Waals surface area contributed by atoms with E-state index in [9.17, 15) is 19.7 Å². The molecule has 1 aliphatic rings. The smallest absolute Gasteiger partial charge is 0.303 e. The fraction of sp³-hybridized carbons (Fsp3) is 0.385. The molecule has 0 radical (unpaired) electrons. The first-order valence-corrected chi connectivity index (χ1v) is 6.71. The van der Waals surface area contributed by atoms with Crippen LogP contribution in [0, 0.1) is 16.0 Å². The molecular weight excluding hydrogens is 300 g/mol. The summed E-state index contributed by atoms with van der Waals surface area (Å²) in [7, 11) is 0. The minimum atomic E-state index is -0.892. The second-order valence-electron chi connectivity index (χ2n) is 4.93. The molecule has 1 amide bonds. The molecule has 1 fully saturated rings. The van der Waals surface area contributed by atoms with E-state index < -0.39 is 10.9 Å². The fourth-order valence-electron chi connectivity index (χ4n) is 2.40. The molecule has 7 nitrogen and oxygen atoms in total. The number of hydrogen-bond donors (Lipinski definition) is 1. The molecule has 1 saturated heterocycles. The number of rotatable bonds is 4. The molecular formula is C13H13ClN2O5. The van der Waals surface area contributed by atoms with Crippen LogP contribution in [0.1, 0.15) is 23.2 Å². The van der Waals surface area contributed by atoms with E-state index in [0.717, 1.165) is 6.07 Å². The third kappa shape index (κ3) is 3.49. The first-order chi connectivity index (χ1) is 9.88. The second kappa shape index (κ2) is 6.09. The Labute approximate surface area is 125 Å². The van der Waals surface area contributed by atoms with Crippen LogP contribution in [0.3, 0.4) is 0 Å². The SMILES string of the molecule is O=C(O)CC1CCN(C(=O)c2ccc(Cl)c([N+](=O)[O-])c2)C1.